The van der Waals surface area contributed by atoms with Gasteiger partial charge in [0.15, 0.2) is 0 Å². The van der Waals surface area contributed by atoms with Crippen molar-refractivity contribution in [3.05, 3.63) is 77.6 Å². The molecule has 1 heterocycles. The molecule has 1 aromatic carbocycles. The number of carbonyl (C=O) groups is 1. The molecule has 0 radical (unpaired) electrons. The summed E-state index contributed by atoms with van der Waals surface area (Å²) in [5.41, 5.74) is 4.64. The van der Waals surface area contributed by atoms with Crippen LogP contribution in [-0.2, 0) is 11.2 Å². The van der Waals surface area contributed by atoms with Gasteiger partial charge in [-0.2, -0.15) is 0 Å². The SMILES string of the molecule is CCCCCC(=CC(C)=CC(=O)N[C@H](C)CCCc1cccnc1)c1ccc(OC)cc1. The van der Waals surface area contributed by atoms with Crippen LogP contribution in [0.25, 0.3) is 5.57 Å². The number of allylic oxidation sites excluding steroid dienone is 3. The Morgan fingerprint density at radius 2 is 1.91 bits per heavy atom. The van der Waals surface area contributed by atoms with Crippen molar-refractivity contribution in [2.45, 2.75) is 71.8 Å². The van der Waals surface area contributed by atoms with E-state index in [1.165, 1.54) is 29.5 Å². The lowest BCUT2D eigenvalue weighted by molar-refractivity contribution is -0.117. The molecule has 0 aliphatic carbocycles. The van der Waals surface area contributed by atoms with Crippen molar-refractivity contribution in [2.24, 2.45) is 0 Å². The Labute approximate surface area is 193 Å². The van der Waals surface area contributed by atoms with Crippen molar-refractivity contribution < 1.29 is 9.53 Å². The molecule has 0 bridgehead atoms. The molecule has 172 valence electrons. The number of amides is 1. The van der Waals surface area contributed by atoms with Crippen molar-refractivity contribution in [1.29, 1.82) is 0 Å². The number of pyridine rings is 1. The van der Waals surface area contributed by atoms with Gasteiger partial charge in [0.2, 0.25) is 5.91 Å². The average Bonchev–Trinajstić information content (AvgIpc) is 2.79. The van der Waals surface area contributed by atoms with Crippen LogP contribution in [0.1, 0.15) is 70.4 Å². The van der Waals surface area contributed by atoms with E-state index in [-0.39, 0.29) is 11.9 Å². The van der Waals surface area contributed by atoms with Crippen LogP contribution < -0.4 is 10.1 Å². The van der Waals surface area contributed by atoms with Gasteiger partial charge < -0.3 is 10.1 Å². The van der Waals surface area contributed by atoms with E-state index in [1.54, 1.807) is 19.4 Å². The average molecular weight is 435 g/mol. The number of ether oxygens (including phenoxy) is 1. The van der Waals surface area contributed by atoms with Crippen molar-refractivity contribution in [1.82, 2.24) is 10.3 Å². The number of rotatable bonds is 13. The maximum atomic E-state index is 12.5. The minimum atomic E-state index is -0.0322. The molecule has 1 aromatic heterocycles. The summed E-state index contributed by atoms with van der Waals surface area (Å²) in [4.78, 5) is 16.7. The smallest absolute Gasteiger partial charge is 0.244 e. The summed E-state index contributed by atoms with van der Waals surface area (Å²) in [5, 5.41) is 3.10. The lowest BCUT2D eigenvalue weighted by atomic mass is 9.97. The van der Waals surface area contributed by atoms with Gasteiger partial charge in [-0.25, -0.2) is 0 Å². The van der Waals surface area contributed by atoms with Crippen LogP contribution in [0.4, 0.5) is 0 Å². The fourth-order valence-electron chi connectivity index (χ4n) is 3.71. The van der Waals surface area contributed by atoms with E-state index in [1.807, 2.05) is 31.3 Å². The molecule has 0 saturated carbocycles. The fraction of sp³-hybridized carbons (Fsp3) is 0.429. The molecule has 1 N–H and O–H groups in total. The van der Waals surface area contributed by atoms with E-state index >= 15 is 0 Å². The number of nitrogens with zero attached hydrogens (tertiary/aromatic N) is 1. The van der Waals surface area contributed by atoms with Gasteiger partial charge in [-0.15, -0.1) is 0 Å². The van der Waals surface area contributed by atoms with Gasteiger partial charge in [0.25, 0.3) is 0 Å². The first kappa shape index (κ1) is 25.4. The summed E-state index contributed by atoms with van der Waals surface area (Å²) in [7, 11) is 1.68. The van der Waals surface area contributed by atoms with Crippen molar-refractivity contribution in [3.63, 3.8) is 0 Å². The molecule has 4 nitrogen and oxygen atoms in total. The summed E-state index contributed by atoms with van der Waals surface area (Å²) in [6, 6.07) is 12.4. The number of carbonyl (C=O) groups excluding carboxylic acids is 1. The topological polar surface area (TPSA) is 51.2 Å². The highest BCUT2D eigenvalue weighted by molar-refractivity contribution is 5.89. The third kappa shape index (κ3) is 9.51. The molecular weight excluding hydrogens is 396 g/mol. The Morgan fingerprint density at radius 3 is 2.56 bits per heavy atom. The maximum absolute atomic E-state index is 12.5. The standard InChI is InChI=1S/C28H38N2O2/c1-5-6-7-13-26(25-14-16-27(32-4)17-15-25)19-22(2)20-28(31)30-23(3)10-8-11-24-12-9-18-29-21-24/h9,12,14-21,23H,5-8,10-11,13H2,1-4H3,(H,30,31)/t23-/m1/s1. The molecule has 0 saturated heterocycles. The minimum Gasteiger partial charge on any atom is -0.497 e. The Morgan fingerprint density at radius 1 is 1.12 bits per heavy atom. The zero-order chi connectivity index (χ0) is 23.2. The number of methoxy groups -OCH3 is 1. The Hall–Kier alpha value is -2.88. The summed E-state index contributed by atoms with van der Waals surface area (Å²) in [6.45, 7) is 6.27. The van der Waals surface area contributed by atoms with Gasteiger partial charge in [0.05, 0.1) is 7.11 Å². The Balaban J connectivity index is 1.94. The second-order valence-electron chi connectivity index (χ2n) is 8.41. The lowest BCUT2D eigenvalue weighted by Crippen LogP contribution is -2.31. The highest BCUT2D eigenvalue weighted by Gasteiger charge is 2.07. The summed E-state index contributed by atoms with van der Waals surface area (Å²) in [5.74, 6) is 0.820. The summed E-state index contributed by atoms with van der Waals surface area (Å²) < 4.78 is 5.28. The largest absolute Gasteiger partial charge is 0.497 e. The van der Waals surface area contributed by atoms with E-state index in [9.17, 15) is 4.79 Å². The van der Waals surface area contributed by atoms with Gasteiger partial charge >= 0.3 is 0 Å². The first-order valence-electron chi connectivity index (χ1n) is 11.7. The molecule has 0 fully saturated rings. The van der Waals surface area contributed by atoms with Crippen molar-refractivity contribution in [2.75, 3.05) is 7.11 Å². The Kier molecular flexibility index (Phi) is 11.3. The summed E-state index contributed by atoms with van der Waals surface area (Å²) >= 11 is 0. The molecule has 0 spiro atoms. The second-order valence-corrected chi connectivity index (χ2v) is 8.41. The first-order valence-corrected chi connectivity index (χ1v) is 11.7. The number of benzene rings is 1. The van der Waals surface area contributed by atoms with E-state index in [0.29, 0.717) is 0 Å². The van der Waals surface area contributed by atoms with Gasteiger partial charge in [-0.3, -0.25) is 9.78 Å². The third-order valence-corrected chi connectivity index (χ3v) is 5.49. The maximum Gasteiger partial charge on any atom is 0.244 e. The van der Waals surface area contributed by atoms with Gasteiger partial charge in [0, 0.05) is 24.5 Å². The zero-order valence-corrected chi connectivity index (χ0v) is 20.1. The van der Waals surface area contributed by atoms with Crippen LogP contribution >= 0.6 is 0 Å². The normalized spacial score (nSPS) is 13.0. The Bertz CT molecular complexity index is 870. The molecule has 4 heteroatoms. The zero-order valence-electron chi connectivity index (χ0n) is 20.1. The molecule has 1 atom stereocenters. The molecule has 1 amide bonds. The number of aryl methyl sites for hydroxylation is 1. The van der Waals surface area contributed by atoms with E-state index < -0.39 is 0 Å². The minimum absolute atomic E-state index is 0.0322. The van der Waals surface area contributed by atoms with Gasteiger partial charge in [-0.05, 0) is 86.4 Å². The second kappa shape index (κ2) is 14.2. The molecule has 0 aliphatic heterocycles. The quantitative estimate of drug-likeness (QED) is 0.222. The molecular formula is C28H38N2O2. The van der Waals surface area contributed by atoms with Crippen molar-refractivity contribution in [3.8, 4) is 5.75 Å². The van der Waals surface area contributed by atoms with Crippen LogP contribution in [0.2, 0.25) is 0 Å². The molecule has 2 aromatic rings. The number of aromatic nitrogens is 1. The van der Waals surface area contributed by atoms with Crippen molar-refractivity contribution >= 4 is 11.5 Å². The van der Waals surface area contributed by atoms with E-state index in [4.69, 9.17) is 4.74 Å². The highest BCUT2D eigenvalue weighted by Crippen LogP contribution is 2.25. The van der Waals surface area contributed by atoms with Gasteiger partial charge in [0.1, 0.15) is 5.75 Å². The number of hydrogen-bond donors (Lipinski definition) is 1. The molecule has 0 unspecified atom stereocenters. The number of unbranched alkanes of at least 4 members (excludes halogenated alkanes) is 2. The number of hydrogen-bond acceptors (Lipinski definition) is 3. The van der Waals surface area contributed by atoms with Crippen LogP contribution in [0.5, 0.6) is 5.75 Å². The third-order valence-electron chi connectivity index (χ3n) is 5.49. The van der Waals surface area contributed by atoms with Gasteiger partial charge in [-0.1, -0.05) is 44.0 Å². The van der Waals surface area contributed by atoms with Crippen LogP contribution in [-0.4, -0.2) is 24.0 Å². The lowest BCUT2D eigenvalue weighted by Gasteiger charge is -2.13. The monoisotopic (exact) mass is 434 g/mol. The van der Waals surface area contributed by atoms with E-state index in [2.05, 4.69) is 48.4 Å². The fourth-order valence-corrected chi connectivity index (χ4v) is 3.71. The molecule has 0 aliphatic rings. The number of nitrogens with one attached hydrogen (secondary N) is 1. The van der Waals surface area contributed by atoms with E-state index in [0.717, 1.165) is 43.4 Å². The van der Waals surface area contributed by atoms with Crippen LogP contribution in [0.3, 0.4) is 0 Å². The molecule has 2 rings (SSSR count). The van der Waals surface area contributed by atoms with Crippen LogP contribution in [0, 0.1) is 0 Å². The predicted molar refractivity (Wildman–Crippen MR) is 134 cm³/mol. The summed E-state index contributed by atoms with van der Waals surface area (Å²) in [6.07, 6.45) is 15.0. The predicted octanol–water partition coefficient (Wildman–Crippen LogP) is 6.53. The first-order chi connectivity index (χ1) is 15.5. The van der Waals surface area contributed by atoms with Crippen LogP contribution in [0.15, 0.2) is 66.5 Å². The highest BCUT2D eigenvalue weighted by atomic mass is 16.5. The molecule has 32 heavy (non-hydrogen) atoms.